The van der Waals surface area contributed by atoms with Crippen molar-refractivity contribution in [3.63, 3.8) is 0 Å². The SMILES string of the molecule is CCC(C)NC(=O)C(Cc1ccccc1)N(Cc1ccccc1Cl)C(=O)COc1cc(C)c(Br)c(C)c1. The molecular formula is C30H34BrClN2O3. The van der Waals surface area contributed by atoms with Crippen LogP contribution in [-0.4, -0.2) is 35.4 Å². The Bertz CT molecular complexity index is 1200. The molecule has 5 nitrogen and oxygen atoms in total. The van der Waals surface area contributed by atoms with Crippen LogP contribution in [-0.2, 0) is 22.6 Å². The second-order valence-corrected chi connectivity index (χ2v) is 10.5. The second kappa shape index (κ2) is 13.6. The molecule has 0 heterocycles. The molecule has 0 spiro atoms. The molecule has 0 aliphatic heterocycles. The lowest BCUT2D eigenvalue weighted by molar-refractivity contribution is -0.143. The van der Waals surface area contributed by atoms with Crippen molar-refractivity contribution in [3.8, 4) is 5.75 Å². The smallest absolute Gasteiger partial charge is 0.261 e. The standard InChI is InChI=1S/C30H34BrClN2O3/c1-5-22(4)33-30(36)27(17-23-11-7-6-8-12-23)34(18-24-13-9-10-14-26(24)32)28(35)19-37-25-15-20(2)29(31)21(3)16-25/h6-16,22,27H,5,17-19H2,1-4H3,(H,33,36). The Kier molecular flexibility index (Phi) is 10.6. The van der Waals surface area contributed by atoms with Gasteiger partial charge in [0.2, 0.25) is 5.91 Å². The van der Waals surface area contributed by atoms with Gasteiger partial charge in [-0.3, -0.25) is 9.59 Å². The highest BCUT2D eigenvalue weighted by molar-refractivity contribution is 9.10. The van der Waals surface area contributed by atoms with E-state index < -0.39 is 6.04 Å². The van der Waals surface area contributed by atoms with Gasteiger partial charge in [-0.05, 0) is 67.6 Å². The van der Waals surface area contributed by atoms with Crippen LogP contribution in [0.25, 0.3) is 0 Å². The van der Waals surface area contributed by atoms with Crippen LogP contribution in [0.1, 0.15) is 42.5 Å². The number of benzene rings is 3. The molecule has 3 aromatic rings. The predicted octanol–water partition coefficient (Wildman–Crippen LogP) is 6.65. The minimum Gasteiger partial charge on any atom is -0.484 e. The summed E-state index contributed by atoms with van der Waals surface area (Å²) in [6, 6.07) is 20.1. The van der Waals surface area contributed by atoms with Crippen LogP contribution in [0, 0.1) is 13.8 Å². The van der Waals surface area contributed by atoms with E-state index in [-0.39, 0.29) is 31.0 Å². The number of nitrogens with zero attached hydrogens (tertiary/aromatic N) is 1. The molecule has 1 N–H and O–H groups in total. The summed E-state index contributed by atoms with van der Waals surface area (Å²) in [7, 11) is 0. The lowest BCUT2D eigenvalue weighted by atomic mass is 10.0. The summed E-state index contributed by atoms with van der Waals surface area (Å²) in [5, 5.41) is 3.61. The summed E-state index contributed by atoms with van der Waals surface area (Å²) < 4.78 is 6.95. The van der Waals surface area contributed by atoms with Crippen molar-refractivity contribution in [1.82, 2.24) is 10.2 Å². The average molecular weight is 586 g/mol. The van der Waals surface area contributed by atoms with Crippen LogP contribution in [0.2, 0.25) is 5.02 Å². The maximum atomic E-state index is 13.7. The van der Waals surface area contributed by atoms with Gasteiger partial charge in [0.25, 0.3) is 5.91 Å². The lowest BCUT2D eigenvalue weighted by Crippen LogP contribution is -2.53. The number of aryl methyl sites for hydroxylation is 2. The quantitative estimate of drug-likeness (QED) is 0.274. The van der Waals surface area contributed by atoms with Gasteiger partial charge in [0.1, 0.15) is 11.8 Å². The van der Waals surface area contributed by atoms with Crippen molar-refractivity contribution in [2.45, 2.75) is 59.2 Å². The fourth-order valence-electron chi connectivity index (χ4n) is 4.02. The van der Waals surface area contributed by atoms with E-state index in [4.69, 9.17) is 16.3 Å². The predicted molar refractivity (Wildman–Crippen MR) is 153 cm³/mol. The number of carbonyl (C=O) groups is 2. The highest BCUT2D eigenvalue weighted by Crippen LogP contribution is 2.27. The zero-order chi connectivity index (χ0) is 26.9. The molecule has 196 valence electrons. The monoisotopic (exact) mass is 584 g/mol. The van der Waals surface area contributed by atoms with Gasteiger partial charge >= 0.3 is 0 Å². The van der Waals surface area contributed by atoms with Crippen LogP contribution < -0.4 is 10.1 Å². The minimum atomic E-state index is -0.739. The van der Waals surface area contributed by atoms with Crippen LogP contribution in [0.4, 0.5) is 0 Å². The van der Waals surface area contributed by atoms with Crippen molar-refractivity contribution < 1.29 is 14.3 Å². The summed E-state index contributed by atoms with van der Waals surface area (Å²) in [4.78, 5) is 28.9. The molecule has 0 bridgehead atoms. The van der Waals surface area contributed by atoms with Gasteiger partial charge in [0, 0.05) is 28.5 Å². The summed E-state index contributed by atoms with van der Waals surface area (Å²) >= 11 is 10.0. The summed E-state index contributed by atoms with van der Waals surface area (Å²) in [5.41, 5.74) is 3.77. The van der Waals surface area contributed by atoms with Crippen molar-refractivity contribution in [3.05, 3.63) is 98.5 Å². The van der Waals surface area contributed by atoms with Gasteiger partial charge in [0.15, 0.2) is 6.61 Å². The third kappa shape index (κ3) is 8.08. The Morgan fingerprint density at radius 1 is 1.03 bits per heavy atom. The molecule has 2 atom stereocenters. The fraction of sp³-hybridized carbons (Fsp3) is 0.333. The van der Waals surface area contributed by atoms with E-state index in [0.717, 1.165) is 33.1 Å². The Morgan fingerprint density at radius 3 is 2.27 bits per heavy atom. The molecule has 0 fully saturated rings. The number of ether oxygens (including phenoxy) is 1. The van der Waals surface area contributed by atoms with E-state index in [1.54, 1.807) is 11.0 Å². The number of amides is 2. The molecule has 37 heavy (non-hydrogen) atoms. The Balaban J connectivity index is 1.94. The van der Waals surface area contributed by atoms with Crippen LogP contribution >= 0.6 is 27.5 Å². The molecule has 0 saturated heterocycles. The maximum Gasteiger partial charge on any atom is 0.261 e. The highest BCUT2D eigenvalue weighted by Gasteiger charge is 2.31. The summed E-state index contributed by atoms with van der Waals surface area (Å²) in [6.07, 6.45) is 1.16. The molecule has 3 rings (SSSR count). The van der Waals surface area contributed by atoms with E-state index in [2.05, 4.69) is 21.2 Å². The topological polar surface area (TPSA) is 58.6 Å². The molecule has 0 aromatic heterocycles. The van der Waals surface area contributed by atoms with Crippen molar-refractivity contribution >= 4 is 39.3 Å². The molecule has 0 aliphatic carbocycles. The van der Waals surface area contributed by atoms with Crippen molar-refractivity contribution in [2.24, 2.45) is 0 Å². The Morgan fingerprint density at radius 2 is 1.65 bits per heavy atom. The number of halogens is 2. The first-order valence-corrected chi connectivity index (χ1v) is 13.6. The first kappa shape index (κ1) is 28.7. The van der Waals surface area contributed by atoms with Crippen LogP contribution in [0.5, 0.6) is 5.75 Å². The molecule has 0 aliphatic rings. The van der Waals surface area contributed by atoms with Gasteiger partial charge < -0.3 is 15.0 Å². The van der Waals surface area contributed by atoms with Gasteiger partial charge in [-0.25, -0.2) is 0 Å². The third-order valence-electron chi connectivity index (χ3n) is 6.34. The largest absolute Gasteiger partial charge is 0.484 e. The van der Waals surface area contributed by atoms with E-state index in [0.29, 0.717) is 17.2 Å². The van der Waals surface area contributed by atoms with Gasteiger partial charge in [-0.1, -0.05) is 83.0 Å². The molecular weight excluding hydrogens is 552 g/mol. The number of rotatable bonds is 11. The molecule has 2 amide bonds. The molecule has 2 unspecified atom stereocenters. The Hall–Kier alpha value is -2.83. The molecule has 0 saturated carbocycles. The van der Waals surface area contributed by atoms with Gasteiger partial charge in [-0.2, -0.15) is 0 Å². The minimum absolute atomic E-state index is 0.0204. The average Bonchev–Trinajstić information content (AvgIpc) is 2.89. The molecule has 3 aromatic carbocycles. The normalized spacial score (nSPS) is 12.5. The first-order valence-electron chi connectivity index (χ1n) is 12.5. The number of hydrogen-bond acceptors (Lipinski definition) is 3. The van der Waals surface area contributed by atoms with Gasteiger partial charge in [-0.15, -0.1) is 0 Å². The first-order chi connectivity index (χ1) is 17.7. The van der Waals surface area contributed by atoms with Crippen LogP contribution in [0.15, 0.2) is 71.2 Å². The maximum absolute atomic E-state index is 13.7. The number of nitrogens with one attached hydrogen (secondary N) is 1. The molecule has 0 radical (unpaired) electrons. The van der Waals surface area contributed by atoms with Gasteiger partial charge in [0.05, 0.1) is 0 Å². The summed E-state index contributed by atoms with van der Waals surface area (Å²) in [5.74, 6) is 0.111. The Labute approximate surface area is 233 Å². The number of hydrogen-bond donors (Lipinski definition) is 1. The second-order valence-electron chi connectivity index (χ2n) is 9.30. The van der Waals surface area contributed by atoms with E-state index in [1.165, 1.54) is 0 Å². The van der Waals surface area contributed by atoms with E-state index >= 15 is 0 Å². The zero-order valence-corrected chi connectivity index (χ0v) is 24.1. The third-order valence-corrected chi connectivity index (χ3v) is 7.96. The molecule has 7 heteroatoms. The highest BCUT2D eigenvalue weighted by atomic mass is 79.9. The number of carbonyl (C=O) groups excluding carboxylic acids is 2. The fourth-order valence-corrected chi connectivity index (χ4v) is 4.45. The zero-order valence-electron chi connectivity index (χ0n) is 21.8. The van der Waals surface area contributed by atoms with E-state index in [9.17, 15) is 9.59 Å². The van der Waals surface area contributed by atoms with Crippen molar-refractivity contribution in [2.75, 3.05) is 6.61 Å². The van der Waals surface area contributed by atoms with Crippen molar-refractivity contribution in [1.29, 1.82) is 0 Å². The summed E-state index contributed by atoms with van der Waals surface area (Å²) in [6.45, 7) is 7.91. The van der Waals surface area contributed by atoms with Crippen LogP contribution in [0.3, 0.4) is 0 Å². The lowest BCUT2D eigenvalue weighted by Gasteiger charge is -2.32. The van der Waals surface area contributed by atoms with E-state index in [1.807, 2.05) is 88.4 Å².